The lowest BCUT2D eigenvalue weighted by Gasteiger charge is -1.83. The normalized spacial score (nSPS) is 12.6. The molecule has 1 aromatic carbocycles. The molecule has 1 nitrogen and oxygen atoms in total. The molecule has 0 aliphatic rings. The van der Waals surface area contributed by atoms with Crippen molar-refractivity contribution in [2.24, 2.45) is 4.99 Å². The van der Waals surface area contributed by atoms with Crippen molar-refractivity contribution >= 4 is 18.9 Å². The third kappa shape index (κ3) is 2.04. The van der Waals surface area contributed by atoms with Crippen LogP contribution in [0.4, 0.5) is 0 Å². The largest absolute Gasteiger partial charge is 0.296 e. The van der Waals surface area contributed by atoms with E-state index in [1.165, 1.54) is 0 Å². The lowest BCUT2D eigenvalue weighted by molar-refractivity contribution is 1.48. The van der Waals surface area contributed by atoms with Gasteiger partial charge in [-0.3, -0.25) is 4.99 Å². The van der Waals surface area contributed by atoms with E-state index in [2.05, 4.69) is 11.6 Å². The van der Waals surface area contributed by atoms with Gasteiger partial charge in [-0.15, -0.1) is 0 Å². The van der Waals surface area contributed by atoms with E-state index in [1.807, 2.05) is 30.3 Å². The fraction of sp³-hybridized carbons (Fsp3) is 0.100. The third-order valence-electron chi connectivity index (χ3n) is 1.46. The smallest absolute Gasteiger partial charge is 0.0277 e. The minimum absolute atomic E-state index is 1.03. The summed E-state index contributed by atoms with van der Waals surface area (Å²) in [5.41, 5.74) is 0. The summed E-state index contributed by atoms with van der Waals surface area (Å²) < 4.78 is 0. The molecule has 1 aromatic rings. The van der Waals surface area contributed by atoms with Crippen molar-refractivity contribution in [3.8, 4) is 0 Å². The molecule has 0 radical (unpaired) electrons. The van der Waals surface area contributed by atoms with Crippen molar-refractivity contribution < 1.29 is 0 Å². The zero-order valence-electron chi connectivity index (χ0n) is 6.62. The van der Waals surface area contributed by atoms with Gasteiger partial charge in [0.25, 0.3) is 0 Å². The minimum Gasteiger partial charge on any atom is -0.296 e. The van der Waals surface area contributed by atoms with Gasteiger partial charge >= 0.3 is 0 Å². The van der Waals surface area contributed by atoms with Gasteiger partial charge in [-0.05, 0) is 16.5 Å². The van der Waals surface area contributed by atoms with Gasteiger partial charge in [0, 0.05) is 13.3 Å². The summed E-state index contributed by atoms with van der Waals surface area (Å²) in [6.07, 6.45) is 3.71. The minimum atomic E-state index is 1.03. The van der Waals surface area contributed by atoms with Crippen LogP contribution in [0.25, 0.3) is 12.7 Å². The molecule has 0 amide bonds. The Morgan fingerprint density at radius 1 is 1.36 bits per heavy atom. The first-order chi connectivity index (χ1) is 5.34. The molecule has 0 aromatic heterocycles. The molecule has 0 fully saturated rings. The average Bonchev–Trinajstić information content (AvgIpc) is 2.03. The maximum Gasteiger partial charge on any atom is 0.0277 e. The number of nitrogens with zero attached hydrogens (tertiary/aromatic N) is 1. The van der Waals surface area contributed by atoms with Gasteiger partial charge in [-0.25, -0.2) is 0 Å². The second-order valence-corrected chi connectivity index (χ2v) is 2.27. The lowest BCUT2D eigenvalue weighted by atomic mass is 10.2. The van der Waals surface area contributed by atoms with Crippen LogP contribution in [0, 0.1) is 0 Å². The number of aliphatic imine (C=N–C) groups is 1. The van der Waals surface area contributed by atoms with Crippen LogP contribution in [0.15, 0.2) is 29.3 Å². The monoisotopic (exact) mass is 145 g/mol. The van der Waals surface area contributed by atoms with E-state index >= 15 is 0 Å². The molecule has 0 heterocycles. The van der Waals surface area contributed by atoms with Crippen LogP contribution in [0.1, 0.15) is 0 Å². The Kier molecular flexibility index (Phi) is 2.61. The molecule has 0 unspecified atom stereocenters. The van der Waals surface area contributed by atoms with Crippen LogP contribution in [0.3, 0.4) is 0 Å². The standard InChI is InChI=1S/C10H11N/c1-9-5-3-4-6-10(9)7-8-11-2/h3-8H,1H2,2H3/b10-7+,11-8?. The summed E-state index contributed by atoms with van der Waals surface area (Å²) >= 11 is 0. The average molecular weight is 145 g/mol. The summed E-state index contributed by atoms with van der Waals surface area (Å²) in [5.74, 6) is 0. The highest BCUT2D eigenvalue weighted by molar-refractivity contribution is 5.90. The van der Waals surface area contributed by atoms with Gasteiger partial charge < -0.3 is 0 Å². The fourth-order valence-electron chi connectivity index (χ4n) is 0.852. The first kappa shape index (κ1) is 7.73. The molecule has 0 spiro atoms. The van der Waals surface area contributed by atoms with Crippen LogP contribution in [0.2, 0.25) is 0 Å². The van der Waals surface area contributed by atoms with Crippen molar-refractivity contribution in [2.45, 2.75) is 0 Å². The van der Waals surface area contributed by atoms with Gasteiger partial charge in [-0.2, -0.15) is 0 Å². The van der Waals surface area contributed by atoms with E-state index in [-0.39, 0.29) is 0 Å². The number of benzene rings is 1. The first-order valence-corrected chi connectivity index (χ1v) is 3.51. The molecule has 0 saturated carbocycles. The predicted octanol–water partition coefficient (Wildman–Crippen LogP) is 0.578. The van der Waals surface area contributed by atoms with E-state index in [1.54, 1.807) is 13.3 Å². The van der Waals surface area contributed by atoms with Crippen molar-refractivity contribution in [3.05, 3.63) is 34.7 Å². The topological polar surface area (TPSA) is 12.4 Å². The zero-order valence-corrected chi connectivity index (χ0v) is 6.62. The molecular formula is C10H11N. The fourth-order valence-corrected chi connectivity index (χ4v) is 0.852. The maximum absolute atomic E-state index is 3.88. The van der Waals surface area contributed by atoms with Crippen molar-refractivity contribution in [3.63, 3.8) is 0 Å². The highest BCUT2D eigenvalue weighted by Crippen LogP contribution is 1.69. The van der Waals surface area contributed by atoms with Crippen LogP contribution >= 0.6 is 0 Å². The summed E-state index contributed by atoms with van der Waals surface area (Å²) in [4.78, 5) is 3.86. The highest BCUT2D eigenvalue weighted by Gasteiger charge is 1.76. The zero-order chi connectivity index (χ0) is 8.10. The number of hydrogen-bond donors (Lipinski definition) is 0. The van der Waals surface area contributed by atoms with Gasteiger partial charge in [0.05, 0.1) is 0 Å². The third-order valence-corrected chi connectivity index (χ3v) is 1.46. The molecular weight excluding hydrogens is 134 g/mol. The molecule has 0 saturated heterocycles. The van der Waals surface area contributed by atoms with E-state index in [0.29, 0.717) is 0 Å². The Hall–Kier alpha value is -1.37. The SMILES string of the molecule is C=c1cccc/c1=C\C=NC. The Labute approximate surface area is 66.4 Å². The van der Waals surface area contributed by atoms with Crippen molar-refractivity contribution in [1.82, 2.24) is 0 Å². The van der Waals surface area contributed by atoms with E-state index in [0.717, 1.165) is 10.4 Å². The van der Waals surface area contributed by atoms with E-state index < -0.39 is 0 Å². The van der Waals surface area contributed by atoms with Crippen LogP contribution in [0.5, 0.6) is 0 Å². The quantitative estimate of drug-likeness (QED) is 0.512. The number of rotatable bonds is 1. The van der Waals surface area contributed by atoms with Crippen molar-refractivity contribution in [2.75, 3.05) is 7.05 Å². The predicted molar refractivity (Wildman–Crippen MR) is 50.1 cm³/mol. The molecule has 1 rings (SSSR count). The Morgan fingerprint density at radius 2 is 2.09 bits per heavy atom. The second-order valence-electron chi connectivity index (χ2n) is 2.27. The molecule has 11 heavy (non-hydrogen) atoms. The maximum atomic E-state index is 3.88. The lowest BCUT2D eigenvalue weighted by Crippen LogP contribution is -2.21. The summed E-state index contributed by atoms with van der Waals surface area (Å²) in [7, 11) is 1.75. The molecule has 1 heteroatoms. The van der Waals surface area contributed by atoms with Gasteiger partial charge in [0.1, 0.15) is 0 Å². The highest BCUT2D eigenvalue weighted by atomic mass is 14.6. The molecule has 0 aliphatic carbocycles. The second kappa shape index (κ2) is 3.71. The summed E-state index contributed by atoms with van der Waals surface area (Å²) in [5, 5.41) is 2.16. The molecule has 0 N–H and O–H groups in total. The Bertz CT molecular complexity index is 349. The molecule has 0 aliphatic heterocycles. The molecule has 0 atom stereocenters. The molecule has 0 bridgehead atoms. The van der Waals surface area contributed by atoms with Gasteiger partial charge in [0.15, 0.2) is 0 Å². The Morgan fingerprint density at radius 3 is 2.73 bits per heavy atom. The van der Waals surface area contributed by atoms with Crippen LogP contribution in [-0.4, -0.2) is 13.3 Å². The van der Waals surface area contributed by atoms with E-state index in [4.69, 9.17) is 0 Å². The van der Waals surface area contributed by atoms with E-state index in [9.17, 15) is 0 Å². The summed E-state index contributed by atoms with van der Waals surface area (Å²) in [6.45, 7) is 3.88. The van der Waals surface area contributed by atoms with Gasteiger partial charge in [0.2, 0.25) is 0 Å². The molecule has 56 valence electrons. The van der Waals surface area contributed by atoms with Crippen LogP contribution < -0.4 is 10.4 Å². The van der Waals surface area contributed by atoms with Crippen molar-refractivity contribution in [1.29, 1.82) is 0 Å². The van der Waals surface area contributed by atoms with Crippen LogP contribution in [-0.2, 0) is 0 Å². The first-order valence-electron chi connectivity index (χ1n) is 3.51. The Balaban J connectivity index is 3.24. The summed E-state index contributed by atoms with van der Waals surface area (Å²) in [6, 6.07) is 7.96. The number of hydrogen-bond acceptors (Lipinski definition) is 1. The van der Waals surface area contributed by atoms with Gasteiger partial charge in [-0.1, -0.05) is 30.8 Å².